The summed E-state index contributed by atoms with van der Waals surface area (Å²) in [7, 11) is 0. The summed E-state index contributed by atoms with van der Waals surface area (Å²) in [5.41, 5.74) is 2.32. The zero-order valence-electron chi connectivity index (χ0n) is 15.5. The van der Waals surface area contributed by atoms with Crippen LogP contribution in [0.4, 0.5) is 0 Å². The molecule has 1 unspecified atom stereocenters. The maximum absolute atomic E-state index is 13.4. The minimum absolute atomic E-state index is 0.180. The number of rotatable bonds is 3. The fourth-order valence-electron chi connectivity index (χ4n) is 3.42. The second-order valence-electron chi connectivity index (χ2n) is 6.76. The van der Waals surface area contributed by atoms with Crippen molar-refractivity contribution in [2.45, 2.75) is 13.0 Å². The standard InChI is InChI=1S/C21H17Cl3N2O3/c1-12-19(20(25-29-12)16-4-2-3-5-17(16)24)21(27)26-6-7-28-18(11-26)13-8-14(22)10-15(23)9-13/h2-5,8-10,18H,6-7,11H2,1H3. The van der Waals surface area contributed by atoms with Gasteiger partial charge in [-0.15, -0.1) is 0 Å². The Morgan fingerprint density at radius 1 is 1.14 bits per heavy atom. The maximum Gasteiger partial charge on any atom is 0.259 e. The number of benzene rings is 2. The van der Waals surface area contributed by atoms with Crippen molar-refractivity contribution in [2.75, 3.05) is 19.7 Å². The van der Waals surface area contributed by atoms with Gasteiger partial charge in [-0.1, -0.05) is 58.2 Å². The lowest BCUT2D eigenvalue weighted by Crippen LogP contribution is -2.42. The van der Waals surface area contributed by atoms with E-state index in [1.807, 2.05) is 18.2 Å². The molecule has 1 aliphatic heterocycles. The molecule has 150 valence electrons. The molecule has 1 atom stereocenters. The van der Waals surface area contributed by atoms with Crippen molar-refractivity contribution < 1.29 is 14.1 Å². The van der Waals surface area contributed by atoms with Crippen LogP contribution in [0.1, 0.15) is 27.8 Å². The van der Waals surface area contributed by atoms with Crippen molar-refractivity contribution in [3.63, 3.8) is 0 Å². The Kier molecular flexibility index (Phi) is 5.83. The molecule has 1 aliphatic rings. The van der Waals surface area contributed by atoms with E-state index in [1.54, 1.807) is 36.1 Å². The lowest BCUT2D eigenvalue weighted by Gasteiger charge is -2.33. The molecule has 29 heavy (non-hydrogen) atoms. The second kappa shape index (κ2) is 8.36. The number of aromatic nitrogens is 1. The number of hydrogen-bond donors (Lipinski definition) is 0. The van der Waals surface area contributed by atoms with Crippen molar-refractivity contribution in [3.8, 4) is 11.3 Å². The normalized spacial score (nSPS) is 16.8. The summed E-state index contributed by atoms with van der Waals surface area (Å²) in [5, 5.41) is 5.64. The largest absolute Gasteiger partial charge is 0.370 e. The van der Waals surface area contributed by atoms with Crippen molar-refractivity contribution in [1.82, 2.24) is 10.1 Å². The van der Waals surface area contributed by atoms with Crippen molar-refractivity contribution in [1.29, 1.82) is 0 Å². The van der Waals surface area contributed by atoms with Crippen LogP contribution in [0.3, 0.4) is 0 Å². The first-order valence-electron chi connectivity index (χ1n) is 9.02. The zero-order chi connectivity index (χ0) is 20.5. The van der Waals surface area contributed by atoms with E-state index < -0.39 is 0 Å². The molecule has 1 amide bonds. The van der Waals surface area contributed by atoms with E-state index in [0.29, 0.717) is 57.3 Å². The van der Waals surface area contributed by atoms with E-state index in [1.165, 1.54) is 0 Å². The molecule has 8 heteroatoms. The molecule has 3 aromatic rings. The van der Waals surface area contributed by atoms with Gasteiger partial charge >= 0.3 is 0 Å². The zero-order valence-corrected chi connectivity index (χ0v) is 17.8. The Morgan fingerprint density at radius 3 is 2.59 bits per heavy atom. The van der Waals surface area contributed by atoms with Crippen molar-refractivity contribution >= 4 is 40.7 Å². The molecule has 0 aliphatic carbocycles. The third-order valence-corrected chi connectivity index (χ3v) is 5.58. The Labute approximate surface area is 183 Å². The van der Waals surface area contributed by atoms with Gasteiger partial charge in [0.2, 0.25) is 0 Å². The highest BCUT2D eigenvalue weighted by Gasteiger charge is 2.31. The number of morpholine rings is 1. The molecule has 1 aromatic heterocycles. The van der Waals surface area contributed by atoms with E-state index in [2.05, 4.69) is 5.16 Å². The van der Waals surface area contributed by atoms with Gasteiger partial charge in [0.25, 0.3) is 5.91 Å². The van der Waals surface area contributed by atoms with Crippen LogP contribution in [0.15, 0.2) is 47.0 Å². The molecule has 0 saturated carbocycles. The van der Waals surface area contributed by atoms with Crippen LogP contribution in [0.2, 0.25) is 15.1 Å². The van der Waals surface area contributed by atoms with E-state index in [9.17, 15) is 4.79 Å². The highest BCUT2D eigenvalue weighted by molar-refractivity contribution is 6.34. The predicted octanol–water partition coefficient (Wildman–Crippen LogP) is 5.82. The first-order valence-corrected chi connectivity index (χ1v) is 10.2. The average molecular weight is 452 g/mol. The second-order valence-corrected chi connectivity index (χ2v) is 8.04. The summed E-state index contributed by atoms with van der Waals surface area (Å²) < 4.78 is 11.2. The van der Waals surface area contributed by atoms with Gasteiger partial charge in [-0.2, -0.15) is 0 Å². The summed E-state index contributed by atoms with van der Waals surface area (Å²) in [6.45, 7) is 2.93. The molecule has 2 aromatic carbocycles. The Balaban J connectivity index is 1.64. The van der Waals surface area contributed by atoms with E-state index in [4.69, 9.17) is 44.1 Å². The number of halogens is 3. The summed E-state index contributed by atoms with van der Waals surface area (Å²) in [6, 6.07) is 12.5. The third-order valence-electron chi connectivity index (χ3n) is 4.82. The molecular formula is C21H17Cl3N2O3. The Hall–Kier alpha value is -2.05. The number of aryl methyl sites for hydroxylation is 1. The Bertz CT molecular complexity index is 1050. The number of ether oxygens (including phenoxy) is 1. The lowest BCUT2D eigenvalue weighted by atomic mass is 10.0. The smallest absolute Gasteiger partial charge is 0.259 e. The first-order chi connectivity index (χ1) is 13.9. The van der Waals surface area contributed by atoms with Crippen LogP contribution >= 0.6 is 34.8 Å². The monoisotopic (exact) mass is 450 g/mol. The Morgan fingerprint density at radius 2 is 1.86 bits per heavy atom. The van der Waals surface area contributed by atoms with Crippen LogP contribution < -0.4 is 0 Å². The lowest BCUT2D eigenvalue weighted by molar-refractivity contribution is -0.0228. The van der Waals surface area contributed by atoms with E-state index >= 15 is 0 Å². The van der Waals surface area contributed by atoms with Gasteiger partial charge in [0.1, 0.15) is 23.1 Å². The first kappa shape index (κ1) is 20.2. The summed E-state index contributed by atoms with van der Waals surface area (Å²) in [4.78, 5) is 15.1. The van der Waals surface area contributed by atoms with Crippen molar-refractivity contribution in [2.24, 2.45) is 0 Å². The van der Waals surface area contributed by atoms with Gasteiger partial charge in [0, 0.05) is 22.2 Å². The molecule has 1 saturated heterocycles. The van der Waals surface area contributed by atoms with Gasteiger partial charge in [-0.05, 0) is 36.8 Å². The molecule has 0 spiro atoms. The fourth-order valence-corrected chi connectivity index (χ4v) is 4.18. The van der Waals surface area contributed by atoms with Gasteiger partial charge in [0.15, 0.2) is 0 Å². The molecule has 4 rings (SSSR count). The van der Waals surface area contributed by atoms with Gasteiger partial charge in [-0.25, -0.2) is 0 Å². The van der Waals surface area contributed by atoms with Gasteiger partial charge < -0.3 is 14.2 Å². The van der Waals surface area contributed by atoms with Crippen LogP contribution in [-0.2, 0) is 4.74 Å². The summed E-state index contributed by atoms with van der Waals surface area (Å²) >= 11 is 18.6. The van der Waals surface area contributed by atoms with Crippen molar-refractivity contribution in [3.05, 3.63) is 74.4 Å². The predicted molar refractivity (Wildman–Crippen MR) is 113 cm³/mol. The summed E-state index contributed by atoms with van der Waals surface area (Å²) in [6.07, 6.45) is -0.326. The minimum atomic E-state index is -0.326. The SMILES string of the molecule is Cc1onc(-c2ccccc2Cl)c1C(=O)N1CCOC(c2cc(Cl)cc(Cl)c2)C1. The van der Waals surface area contributed by atoms with Crippen LogP contribution in [0, 0.1) is 6.92 Å². The number of hydrogen-bond acceptors (Lipinski definition) is 4. The average Bonchev–Trinajstić information content (AvgIpc) is 3.08. The highest BCUT2D eigenvalue weighted by atomic mass is 35.5. The molecule has 1 fully saturated rings. The number of carbonyl (C=O) groups excluding carboxylic acids is 1. The molecule has 0 radical (unpaired) electrons. The molecule has 0 N–H and O–H groups in total. The summed E-state index contributed by atoms with van der Waals surface area (Å²) in [5.74, 6) is 0.263. The van der Waals surface area contributed by atoms with Gasteiger partial charge in [0.05, 0.1) is 18.2 Å². The van der Waals surface area contributed by atoms with Crippen LogP contribution in [0.5, 0.6) is 0 Å². The fraction of sp³-hybridized carbons (Fsp3) is 0.238. The maximum atomic E-state index is 13.4. The molecule has 5 nitrogen and oxygen atoms in total. The molecule has 2 heterocycles. The quantitative estimate of drug-likeness (QED) is 0.503. The third kappa shape index (κ3) is 4.14. The van der Waals surface area contributed by atoms with E-state index in [-0.39, 0.29) is 12.0 Å². The van der Waals surface area contributed by atoms with Crippen LogP contribution in [0.25, 0.3) is 11.3 Å². The van der Waals surface area contributed by atoms with E-state index in [0.717, 1.165) is 5.56 Å². The minimum Gasteiger partial charge on any atom is -0.370 e. The van der Waals surface area contributed by atoms with Gasteiger partial charge in [-0.3, -0.25) is 4.79 Å². The number of amides is 1. The topological polar surface area (TPSA) is 55.6 Å². The molecule has 0 bridgehead atoms. The highest BCUT2D eigenvalue weighted by Crippen LogP contribution is 2.33. The number of carbonyl (C=O) groups is 1. The number of nitrogens with zero attached hydrogens (tertiary/aromatic N) is 2. The van der Waals surface area contributed by atoms with Crippen LogP contribution in [-0.4, -0.2) is 35.7 Å². The molecular weight excluding hydrogens is 435 g/mol.